The van der Waals surface area contributed by atoms with Crippen molar-refractivity contribution in [3.8, 4) is 0 Å². The second kappa shape index (κ2) is 6.59. The Bertz CT molecular complexity index is 448. The highest BCUT2D eigenvalue weighted by Gasteiger charge is 2.42. The molecule has 0 radical (unpaired) electrons. The summed E-state index contributed by atoms with van der Waals surface area (Å²) < 4.78 is 1.08. The molecule has 1 saturated carbocycles. The zero-order chi connectivity index (χ0) is 14.8. The van der Waals surface area contributed by atoms with E-state index in [0.29, 0.717) is 5.92 Å². The maximum absolute atomic E-state index is 10.9. The molecular formula is C17H26BrNO. The van der Waals surface area contributed by atoms with Crippen LogP contribution in [0.1, 0.15) is 38.2 Å². The van der Waals surface area contributed by atoms with Crippen LogP contribution in [-0.4, -0.2) is 35.7 Å². The Balaban J connectivity index is 2.17. The van der Waals surface area contributed by atoms with Crippen molar-refractivity contribution < 1.29 is 5.11 Å². The summed E-state index contributed by atoms with van der Waals surface area (Å²) in [6.45, 7) is 2.31. The van der Waals surface area contributed by atoms with Gasteiger partial charge in [0, 0.05) is 16.4 Å². The molecule has 0 spiro atoms. The SMILES string of the molecule is CC1CCCC(C(O)Cc2cccc(Br)c2)(N(C)C)C1. The number of rotatable bonds is 4. The van der Waals surface area contributed by atoms with E-state index in [0.717, 1.165) is 23.7 Å². The average molecular weight is 340 g/mol. The molecule has 3 unspecified atom stereocenters. The Morgan fingerprint density at radius 1 is 1.45 bits per heavy atom. The van der Waals surface area contributed by atoms with E-state index in [4.69, 9.17) is 0 Å². The number of nitrogens with zero attached hydrogens (tertiary/aromatic N) is 1. The molecule has 1 aromatic carbocycles. The summed E-state index contributed by atoms with van der Waals surface area (Å²) in [6.07, 6.45) is 5.11. The van der Waals surface area contributed by atoms with Crippen LogP contribution in [0.3, 0.4) is 0 Å². The first-order valence-corrected chi connectivity index (χ1v) is 8.33. The van der Waals surface area contributed by atoms with E-state index in [1.54, 1.807) is 0 Å². The second-order valence-electron chi connectivity index (χ2n) is 6.55. The third-order valence-electron chi connectivity index (χ3n) is 4.84. The molecule has 3 heteroatoms. The highest BCUT2D eigenvalue weighted by Crippen LogP contribution is 2.39. The van der Waals surface area contributed by atoms with Gasteiger partial charge < -0.3 is 10.0 Å². The lowest BCUT2D eigenvalue weighted by Crippen LogP contribution is -2.56. The fourth-order valence-corrected chi connectivity index (χ4v) is 4.09. The number of hydrogen-bond acceptors (Lipinski definition) is 2. The van der Waals surface area contributed by atoms with Gasteiger partial charge in [0.25, 0.3) is 0 Å². The first-order chi connectivity index (χ1) is 9.44. The molecule has 0 aromatic heterocycles. The molecule has 1 fully saturated rings. The van der Waals surface area contributed by atoms with Crippen molar-refractivity contribution in [2.45, 2.75) is 50.7 Å². The summed E-state index contributed by atoms with van der Waals surface area (Å²) in [6, 6.07) is 8.28. The summed E-state index contributed by atoms with van der Waals surface area (Å²) >= 11 is 3.51. The molecule has 1 aliphatic rings. The number of benzene rings is 1. The topological polar surface area (TPSA) is 23.5 Å². The molecule has 0 saturated heterocycles. The minimum atomic E-state index is -0.311. The lowest BCUT2D eigenvalue weighted by molar-refractivity contribution is -0.0424. The van der Waals surface area contributed by atoms with Gasteiger partial charge in [-0.05, 0) is 50.6 Å². The summed E-state index contributed by atoms with van der Waals surface area (Å²) in [7, 11) is 4.23. The molecule has 0 heterocycles. The van der Waals surface area contributed by atoms with Gasteiger partial charge in [0.1, 0.15) is 0 Å². The molecule has 1 aliphatic carbocycles. The van der Waals surface area contributed by atoms with Gasteiger partial charge in [-0.3, -0.25) is 0 Å². The van der Waals surface area contributed by atoms with Gasteiger partial charge in [0.2, 0.25) is 0 Å². The van der Waals surface area contributed by atoms with Gasteiger partial charge in [-0.2, -0.15) is 0 Å². The normalized spacial score (nSPS) is 28.6. The van der Waals surface area contributed by atoms with Crippen molar-refractivity contribution in [3.63, 3.8) is 0 Å². The molecule has 0 bridgehead atoms. The van der Waals surface area contributed by atoms with Crippen LogP contribution < -0.4 is 0 Å². The highest BCUT2D eigenvalue weighted by atomic mass is 79.9. The standard InChI is InChI=1S/C17H26BrNO/c1-13-6-5-9-17(12-13,19(2)3)16(20)11-14-7-4-8-15(18)10-14/h4,7-8,10,13,16,20H,5-6,9,11-12H2,1-3H3. The van der Waals surface area contributed by atoms with Crippen LogP contribution in [0.25, 0.3) is 0 Å². The lowest BCUT2D eigenvalue weighted by atomic mass is 9.71. The van der Waals surface area contributed by atoms with Crippen molar-refractivity contribution in [2.24, 2.45) is 5.92 Å². The quantitative estimate of drug-likeness (QED) is 0.900. The molecule has 2 rings (SSSR count). The molecule has 2 nitrogen and oxygen atoms in total. The summed E-state index contributed by atoms with van der Waals surface area (Å²) in [4.78, 5) is 2.26. The summed E-state index contributed by atoms with van der Waals surface area (Å²) in [5.74, 6) is 0.698. The van der Waals surface area contributed by atoms with Crippen molar-refractivity contribution >= 4 is 15.9 Å². The molecule has 0 aliphatic heterocycles. The van der Waals surface area contributed by atoms with Crippen LogP contribution >= 0.6 is 15.9 Å². The molecule has 3 atom stereocenters. The van der Waals surface area contributed by atoms with Crippen LogP contribution in [0, 0.1) is 5.92 Å². The number of aliphatic hydroxyl groups is 1. The largest absolute Gasteiger partial charge is 0.391 e. The third kappa shape index (κ3) is 3.44. The smallest absolute Gasteiger partial charge is 0.0763 e. The van der Waals surface area contributed by atoms with Gasteiger partial charge >= 0.3 is 0 Å². The van der Waals surface area contributed by atoms with Gasteiger partial charge in [0.15, 0.2) is 0 Å². The first kappa shape index (κ1) is 16.0. The molecule has 0 amide bonds. The Morgan fingerprint density at radius 3 is 2.80 bits per heavy atom. The number of halogens is 1. The van der Waals surface area contributed by atoms with Crippen molar-refractivity contribution in [1.82, 2.24) is 4.90 Å². The van der Waals surface area contributed by atoms with E-state index in [1.165, 1.54) is 18.4 Å². The van der Waals surface area contributed by atoms with Gasteiger partial charge in [-0.1, -0.05) is 47.8 Å². The Labute approximate surface area is 131 Å². The minimum absolute atomic E-state index is 0.0695. The highest BCUT2D eigenvalue weighted by molar-refractivity contribution is 9.10. The van der Waals surface area contributed by atoms with E-state index in [2.05, 4.69) is 54.0 Å². The zero-order valence-corrected chi connectivity index (χ0v) is 14.4. The minimum Gasteiger partial charge on any atom is -0.391 e. The average Bonchev–Trinajstić information content (AvgIpc) is 2.38. The molecule has 20 heavy (non-hydrogen) atoms. The van der Waals surface area contributed by atoms with E-state index in [1.807, 2.05) is 12.1 Å². The van der Waals surface area contributed by atoms with Crippen LogP contribution in [0.5, 0.6) is 0 Å². The van der Waals surface area contributed by atoms with E-state index in [9.17, 15) is 5.11 Å². The molecule has 112 valence electrons. The molecule has 1 N–H and O–H groups in total. The lowest BCUT2D eigenvalue weighted by Gasteiger charge is -2.48. The van der Waals surface area contributed by atoms with Gasteiger partial charge in [0.05, 0.1) is 6.10 Å². The molecular weight excluding hydrogens is 314 g/mol. The van der Waals surface area contributed by atoms with Crippen LogP contribution in [0.4, 0.5) is 0 Å². The number of hydrogen-bond donors (Lipinski definition) is 1. The fraction of sp³-hybridized carbons (Fsp3) is 0.647. The monoisotopic (exact) mass is 339 g/mol. The van der Waals surface area contributed by atoms with Gasteiger partial charge in [-0.15, -0.1) is 0 Å². The zero-order valence-electron chi connectivity index (χ0n) is 12.8. The Kier molecular flexibility index (Phi) is 5.27. The van der Waals surface area contributed by atoms with Crippen molar-refractivity contribution in [3.05, 3.63) is 34.3 Å². The van der Waals surface area contributed by atoms with Crippen LogP contribution in [-0.2, 0) is 6.42 Å². The summed E-state index contributed by atoms with van der Waals surface area (Å²) in [5.41, 5.74) is 1.13. The van der Waals surface area contributed by atoms with Gasteiger partial charge in [-0.25, -0.2) is 0 Å². The third-order valence-corrected chi connectivity index (χ3v) is 5.33. The van der Waals surface area contributed by atoms with Crippen LogP contribution in [0.15, 0.2) is 28.7 Å². The van der Waals surface area contributed by atoms with Crippen molar-refractivity contribution in [1.29, 1.82) is 0 Å². The Morgan fingerprint density at radius 2 is 2.20 bits per heavy atom. The Hall–Kier alpha value is -0.380. The van der Waals surface area contributed by atoms with Crippen molar-refractivity contribution in [2.75, 3.05) is 14.1 Å². The maximum Gasteiger partial charge on any atom is 0.0763 e. The predicted molar refractivity (Wildman–Crippen MR) is 87.9 cm³/mol. The van der Waals surface area contributed by atoms with E-state index in [-0.39, 0.29) is 11.6 Å². The van der Waals surface area contributed by atoms with E-state index < -0.39 is 0 Å². The molecule has 1 aromatic rings. The van der Waals surface area contributed by atoms with E-state index >= 15 is 0 Å². The number of likely N-dealkylation sites (N-methyl/N-ethyl adjacent to an activating group) is 1. The summed E-state index contributed by atoms with van der Waals surface area (Å²) in [5, 5.41) is 10.9. The predicted octanol–water partition coefficient (Wildman–Crippen LogP) is 3.86. The second-order valence-corrected chi connectivity index (χ2v) is 7.47. The van der Waals surface area contributed by atoms with Crippen LogP contribution in [0.2, 0.25) is 0 Å². The number of aliphatic hydroxyl groups excluding tert-OH is 1. The first-order valence-electron chi connectivity index (χ1n) is 7.54. The maximum atomic E-state index is 10.9. The fourth-order valence-electron chi connectivity index (χ4n) is 3.65.